The van der Waals surface area contributed by atoms with Crippen molar-refractivity contribution < 1.29 is 37.3 Å². The minimum atomic E-state index is -4.45. The fraction of sp³-hybridized carbons (Fsp3) is 0.754. The Balaban J connectivity index is 5.39. The maximum Gasteiger partial charge on any atom is 0.472 e. The van der Waals surface area contributed by atoms with Gasteiger partial charge in [-0.3, -0.25) is 18.6 Å². The number of unbranched alkanes of at least 4 members (excludes halogenated alkanes) is 22. The van der Waals surface area contributed by atoms with Gasteiger partial charge in [-0.25, -0.2) is 4.57 Å². The van der Waals surface area contributed by atoms with Crippen molar-refractivity contribution >= 4 is 19.7 Å². The number of carbonyl (C=O) groups excluding carboxylic acids is 2. The number of hydrogen-bond donors (Lipinski definition) is 2. The molecule has 0 fully saturated rings. The summed E-state index contributed by atoms with van der Waals surface area (Å²) in [6, 6.07) is -0.859. The third kappa shape index (κ3) is 48.3. The van der Waals surface area contributed by atoms with Crippen molar-refractivity contribution in [2.24, 2.45) is 0 Å². The fourth-order valence-corrected chi connectivity index (χ4v) is 8.20. The van der Waals surface area contributed by atoms with Crippen LogP contribution in [0.25, 0.3) is 0 Å². The molecule has 3 unspecified atom stereocenters. The highest BCUT2D eigenvalue weighted by Gasteiger charge is 2.30. The number of phosphoric ester groups is 1. The van der Waals surface area contributed by atoms with Crippen LogP contribution in [-0.4, -0.2) is 74.3 Å². The molecule has 0 saturated heterocycles. The molecule has 0 aromatic heterocycles. The zero-order chi connectivity index (χ0) is 49.4. The van der Waals surface area contributed by atoms with Crippen LogP contribution in [-0.2, 0) is 27.9 Å². The van der Waals surface area contributed by atoms with Gasteiger partial charge in [0.25, 0.3) is 0 Å². The highest BCUT2D eigenvalue weighted by molar-refractivity contribution is 7.47. The van der Waals surface area contributed by atoms with E-state index in [-0.39, 0.29) is 31.5 Å². The summed E-state index contributed by atoms with van der Waals surface area (Å²) in [5.74, 6) is -0.534. The van der Waals surface area contributed by atoms with Gasteiger partial charge < -0.3 is 19.4 Å². The second-order valence-corrected chi connectivity index (χ2v) is 20.8. The molecule has 0 aromatic rings. The van der Waals surface area contributed by atoms with Gasteiger partial charge in [0.15, 0.2) is 0 Å². The van der Waals surface area contributed by atoms with E-state index >= 15 is 0 Å². The van der Waals surface area contributed by atoms with Gasteiger partial charge in [-0.05, 0) is 89.5 Å². The first kappa shape index (κ1) is 64.5. The molecule has 0 spiro atoms. The predicted octanol–water partition coefficient (Wildman–Crippen LogP) is 16.1. The van der Waals surface area contributed by atoms with E-state index in [1.165, 1.54) is 70.6 Å². The highest BCUT2D eigenvalue weighted by atomic mass is 31.2. The van der Waals surface area contributed by atoms with E-state index in [2.05, 4.69) is 86.8 Å². The summed E-state index contributed by atoms with van der Waals surface area (Å²) in [5.41, 5.74) is 0. The lowest BCUT2D eigenvalue weighted by Crippen LogP contribution is -2.47. The number of carbonyl (C=O) groups is 2. The molecule has 0 rings (SSSR count). The third-order valence-electron chi connectivity index (χ3n) is 11.6. The van der Waals surface area contributed by atoms with Crippen molar-refractivity contribution in [1.29, 1.82) is 0 Å². The maximum absolute atomic E-state index is 13.5. The van der Waals surface area contributed by atoms with E-state index in [1.54, 1.807) is 0 Å². The summed E-state index contributed by atoms with van der Waals surface area (Å²) in [7, 11) is 1.47. The number of rotatable bonds is 48. The van der Waals surface area contributed by atoms with Crippen LogP contribution in [0.15, 0.2) is 72.9 Å². The molecule has 1 amide bonds. The normalized spacial score (nSPS) is 14.4. The number of ether oxygens (including phenoxy) is 1. The predicted molar refractivity (Wildman–Crippen MR) is 286 cm³/mol. The Morgan fingerprint density at radius 3 is 1.43 bits per heavy atom. The summed E-state index contributed by atoms with van der Waals surface area (Å²) in [4.78, 5) is 37.5. The van der Waals surface area contributed by atoms with Crippen LogP contribution < -0.4 is 5.32 Å². The first-order chi connectivity index (χ1) is 32.4. The number of likely N-dealkylation sites (N-methyl/N-ethyl adjacent to an activating group) is 1. The van der Waals surface area contributed by atoms with E-state index in [9.17, 15) is 19.0 Å². The molecule has 0 radical (unpaired) electrons. The number of allylic oxidation sites excluding steroid dienone is 11. The van der Waals surface area contributed by atoms with Crippen molar-refractivity contribution in [2.75, 3.05) is 40.9 Å². The van der Waals surface area contributed by atoms with Crippen LogP contribution in [0.1, 0.15) is 226 Å². The molecule has 9 nitrogen and oxygen atoms in total. The lowest BCUT2D eigenvalue weighted by molar-refractivity contribution is -0.870. The van der Waals surface area contributed by atoms with Crippen molar-refractivity contribution in [3.63, 3.8) is 0 Å². The molecular formula is C57H104N2O7P+. The van der Waals surface area contributed by atoms with Gasteiger partial charge in [0.2, 0.25) is 5.91 Å². The molecule has 2 N–H and O–H groups in total. The van der Waals surface area contributed by atoms with Crippen molar-refractivity contribution in [3.8, 4) is 0 Å². The van der Waals surface area contributed by atoms with Crippen LogP contribution in [0, 0.1) is 0 Å². The van der Waals surface area contributed by atoms with Crippen LogP contribution in [0.3, 0.4) is 0 Å². The number of amides is 1. The molecule has 0 heterocycles. The lowest BCUT2D eigenvalue weighted by atomic mass is 10.1. The molecule has 0 bridgehead atoms. The topological polar surface area (TPSA) is 111 Å². The summed E-state index contributed by atoms with van der Waals surface area (Å²) in [5, 5.41) is 3.03. The Morgan fingerprint density at radius 1 is 0.537 bits per heavy atom. The first-order valence-corrected chi connectivity index (χ1v) is 28.8. The summed E-state index contributed by atoms with van der Waals surface area (Å²) < 4.78 is 30.5. The number of nitrogens with zero attached hydrogens (tertiary/aromatic N) is 1. The third-order valence-corrected chi connectivity index (χ3v) is 12.6. The lowest BCUT2D eigenvalue weighted by Gasteiger charge is -2.27. The minimum absolute atomic E-state index is 0.0334. The average molecular weight is 960 g/mol. The van der Waals surface area contributed by atoms with Gasteiger partial charge in [-0.1, -0.05) is 197 Å². The average Bonchev–Trinajstić information content (AvgIpc) is 3.28. The van der Waals surface area contributed by atoms with E-state index < -0.39 is 20.0 Å². The summed E-state index contributed by atoms with van der Waals surface area (Å²) in [6.07, 6.45) is 58.9. The molecule has 10 heteroatoms. The van der Waals surface area contributed by atoms with Crippen molar-refractivity contribution in [3.05, 3.63) is 72.9 Å². The molecule has 67 heavy (non-hydrogen) atoms. The monoisotopic (exact) mass is 960 g/mol. The van der Waals surface area contributed by atoms with Gasteiger partial charge in [0, 0.05) is 12.8 Å². The Labute approximate surface area is 413 Å². The van der Waals surface area contributed by atoms with Crippen LogP contribution in [0.2, 0.25) is 0 Å². The van der Waals surface area contributed by atoms with Crippen molar-refractivity contribution in [2.45, 2.75) is 238 Å². The number of phosphoric acid groups is 1. The largest absolute Gasteiger partial charge is 0.472 e. The van der Waals surface area contributed by atoms with Gasteiger partial charge in [0.1, 0.15) is 19.3 Å². The van der Waals surface area contributed by atoms with Gasteiger partial charge in [-0.2, -0.15) is 0 Å². The van der Waals surface area contributed by atoms with Crippen LogP contribution in [0.5, 0.6) is 0 Å². The van der Waals surface area contributed by atoms with Crippen LogP contribution >= 0.6 is 7.82 Å². The Bertz CT molecular complexity index is 1380. The molecule has 3 atom stereocenters. The van der Waals surface area contributed by atoms with Crippen molar-refractivity contribution in [1.82, 2.24) is 5.32 Å². The Hall–Kier alpha value is -2.55. The fourth-order valence-electron chi connectivity index (χ4n) is 7.46. The molecule has 0 aliphatic heterocycles. The molecule has 0 aromatic carbocycles. The van der Waals surface area contributed by atoms with E-state index in [4.69, 9.17) is 13.8 Å². The summed E-state index contributed by atoms with van der Waals surface area (Å²) in [6.45, 7) is 6.76. The Morgan fingerprint density at radius 2 is 0.955 bits per heavy atom. The number of esters is 1. The zero-order valence-electron chi connectivity index (χ0n) is 44.1. The molecular weight excluding hydrogens is 856 g/mol. The second kappa shape index (κ2) is 47.1. The molecule has 0 aliphatic carbocycles. The standard InChI is InChI=1S/C57H103N2O7P/c1-7-10-13-16-19-22-25-27-29-30-31-34-37-40-43-46-49-56(60)58-54(53-65-67(62,63)64-52-51-59(4,5)6)55(48-45-42-39-36-33-24-21-18-15-12-9-3)66-57(61)50-47-44-41-38-35-32-28-26-23-20-17-14-11-8-2/h10-11,13-14,19-20,22-23,27,29,45,48,54-55H,7-9,12,15-18,21,24-26,28,30-44,46-47,49-53H2,1-6H3,(H-,58,60,62,63)/p+1/b13-10+,14-11+,22-19+,23-20+,29-27+,48-45+. The van der Waals surface area contributed by atoms with Gasteiger partial charge in [0.05, 0.1) is 33.8 Å². The van der Waals surface area contributed by atoms with Gasteiger partial charge >= 0.3 is 13.8 Å². The van der Waals surface area contributed by atoms with E-state index in [0.717, 1.165) is 122 Å². The number of nitrogens with one attached hydrogen (secondary N) is 1. The molecule has 0 aliphatic rings. The summed E-state index contributed by atoms with van der Waals surface area (Å²) >= 11 is 0. The van der Waals surface area contributed by atoms with Gasteiger partial charge in [-0.15, -0.1) is 0 Å². The molecule has 388 valence electrons. The second-order valence-electron chi connectivity index (χ2n) is 19.3. The van der Waals surface area contributed by atoms with E-state index in [0.29, 0.717) is 17.4 Å². The quantitative estimate of drug-likeness (QED) is 0.0205. The SMILES string of the molecule is CC/C=C/C/C=C/C/C=C/CCCCCCCCC(=O)NC(COP(=O)(O)OCC[N+](C)(C)C)C(/C=C/CCCCCCCCCCC)OC(=O)CCCCCCCCC/C=C/C/C=C/CC. The number of quaternary nitrogens is 1. The first-order valence-electron chi connectivity index (χ1n) is 27.3. The van der Waals surface area contributed by atoms with E-state index in [1.807, 2.05) is 33.3 Å². The smallest absolute Gasteiger partial charge is 0.456 e. The molecule has 0 saturated carbocycles. The zero-order valence-corrected chi connectivity index (χ0v) is 45.0. The number of hydrogen-bond acceptors (Lipinski definition) is 6. The van der Waals surface area contributed by atoms with Crippen LogP contribution in [0.4, 0.5) is 0 Å². The maximum atomic E-state index is 13.5. The highest BCUT2D eigenvalue weighted by Crippen LogP contribution is 2.43. The Kier molecular flexibility index (Phi) is 45.3. The minimum Gasteiger partial charge on any atom is -0.456 e.